The predicted octanol–water partition coefficient (Wildman–Crippen LogP) is 3.31. The number of carbonyl (C=O) groups is 1. The van der Waals surface area contributed by atoms with Gasteiger partial charge in [-0.05, 0) is 12.1 Å². The third kappa shape index (κ3) is 3.84. The number of thioether (sulfide) groups is 1. The van der Waals surface area contributed by atoms with Gasteiger partial charge in [0.2, 0.25) is 0 Å². The number of aromatic nitrogens is 3. The van der Waals surface area contributed by atoms with Crippen molar-refractivity contribution in [2.45, 2.75) is 25.1 Å². The highest BCUT2D eigenvalue weighted by molar-refractivity contribution is 8.01. The Morgan fingerprint density at radius 1 is 1.32 bits per heavy atom. The standard InChI is InChI=1S/C13H15N3OS2/c1-13(2,3)10(17)8-18-12-16-15-11(19-12)9-6-4-5-7-14-9/h4-7H,8H2,1-3H3. The molecule has 0 atom stereocenters. The first-order chi connectivity index (χ1) is 8.97. The molecule has 4 nitrogen and oxygen atoms in total. The molecule has 6 heteroatoms. The van der Waals surface area contributed by atoms with Crippen molar-refractivity contribution in [1.82, 2.24) is 15.2 Å². The molecule has 0 aromatic carbocycles. The molecule has 0 aliphatic carbocycles. The SMILES string of the molecule is CC(C)(C)C(=O)CSc1nnc(-c2ccccn2)s1. The Labute approximate surface area is 120 Å². The molecule has 0 saturated heterocycles. The lowest BCUT2D eigenvalue weighted by atomic mass is 9.92. The zero-order valence-corrected chi connectivity index (χ0v) is 12.7. The van der Waals surface area contributed by atoms with Crippen molar-refractivity contribution in [2.75, 3.05) is 5.75 Å². The number of ketones is 1. The molecule has 0 N–H and O–H groups in total. The topological polar surface area (TPSA) is 55.7 Å². The number of carbonyl (C=O) groups excluding carboxylic acids is 1. The van der Waals surface area contributed by atoms with E-state index in [4.69, 9.17) is 0 Å². The van der Waals surface area contributed by atoms with Crippen LogP contribution in [0.1, 0.15) is 20.8 Å². The van der Waals surface area contributed by atoms with Gasteiger partial charge in [0.25, 0.3) is 0 Å². The van der Waals surface area contributed by atoms with Crippen LogP contribution in [0.15, 0.2) is 28.7 Å². The monoisotopic (exact) mass is 293 g/mol. The Kier molecular flexibility index (Phi) is 4.31. The molecular formula is C13H15N3OS2. The molecule has 0 radical (unpaired) electrons. The van der Waals surface area contributed by atoms with Crippen LogP contribution < -0.4 is 0 Å². The predicted molar refractivity (Wildman–Crippen MR) is 78.3 cm³/mol. The van der Waals surface area contributed by atoms with Crippen LogP contribution in [0.25, 0.3) is 10.7 Å². The van der Waals surface area contributed by atoms with Crippen molar-refractivity contribution in [2.24, 2.45) is 5.41 Å². The third-order valence-electron chi connectivity index (χ3n) is 2.45. The molecule has 0 saturated carbocycles. The van der Waals surface area contributed by atoms with Crippen molar-refractivity contribution in [1.29, 1.82) is 0 Å². The van der Waals surface area contributed by atoms with Gasteiger partial charge in [0.05, 0.1) is 5.75 Å². The summed E-state index contributed by atoms with van der Waals surface area (Å²) in [5.74, 6) is 0.646. The van der Waals surface area contributed by atoms with Gasteiger partial charge in [0, 0.05) is 11.6 Å². The first-order valence-electron chi connectivity index (χ1n) is 5.88. The van der Waals surface area contributed by atoms with Crippen molar-refractivity contribution in [3.63, 3.8) is 0 Å². The molecule has 0 aliphatic rings. The van der Waals surface area contributed by atoms with Crippen LogP contribution >= 0.6 is 23.1 Å². The number of rotatable bonds is 4. The summed E-state index contributed by atoms with van der Waals surface area (Å²) in [6, 6.07) is 5.68. The first-order valence-corrected chi connectivity index (χ1v) is 7.68. The minimum absolute atomic E-state index is 0.215. The Bertz CT molecular complexity index is 561. The van der Waals surface area contributed by atoms with Crippen LogP contribution in [0.2, 0.25) is 0 Å². The smallest absolute Gasteiger partial charge is 0.175 e. The van der Waals surface area contributed by atoms with E-state index in [1.807, 2.05) is 39.0 Å². The summed E-state index contributed by atoms with van der Waals surface area (Å²) in [7, 11) is 0. The van der Waals surface area contributed by atoms with E-state index in [9.17, 15) is 4.79 Å². The van der Waals surface area contributed by atoms with Crippen LogP contribution in [0.4, 0.5) is 0 Å². The Hall–Kier alpha value is -1.27. The van der Waals surface area contributed by atoms with Crippen molar-refractivity contribution >= 4 is 28.9 Å². The van der Waals surface area contributed by atoms with E-state index < -0.39 is 0 Å². The molecule has 2 rings (SSSR count). The summed E-state index contributed by atoms with van der Waals surface area (Å²) in [6.45, 7) is 5.78. The minimum Gasteiger partial charge on any atom is -0.298 e. The largest absolute Gasteiger partial charge is 0.298 e. The lowest BCUT2D eigenvalue weighted by Crippen LogP contribution is -2.21. The maximum absolute atomic E-state index is 11.8. The Morgan fingerprint density at radius 2 is 2.11 bits per heavy atom. The highest BCUT2D eigenvalue weighted by atomic mass is 32.2. The Morgan fingerprint density at radius 3 is 2.74 bits per heavy atom. The summed E-state index contributed by atoms with van der Waals surface area (Å²) in [5, 5.41) is 8.97. The third-order valence-corrected chi connectivity index (χ3v) is 4.53. The van der Waals surface area contributed by atoms with Gasteiger partial charge >= 0.3 is 0 Å². The summed E-state index contributed by atoms with van der Waals surface area (Å²) >= 11 is 2.90. The van der Waals surface area contributed by atoms with Crippen LogP contribution in [0, 0.1) is 5.41 Å². The zero-order chi connectivity index (χ0) is 13.9. The highest BCUT2D eigenvalue weighted by Crippen LogP contribution is 2.29. The molecule has 0 bridgehead atoms. The van der Waals surface area contributed by atoms with Gasteiger partial charge in [-0.3, -0.25) is 9.78 Å². The molecule has 0 unspecified atom stereocenters. The number of nitrogens with zero attached hydrogens (tertiary/aromatic N) is 3. The molecule has 2 aromatic rings. The second-order valence-electron chi connectivity index (χ2n) is 5.05. The quantitative estimate of drug-likeness (QED) is 0.809. The van der Waals surface area contributed by atoms with Gasteiger partial charge in [0.1, 0.15) is 11.5 Å². The molecule has 0 spiro atoms. The van der Waals surface area contributed by atoms with Gasteiger partial charge in [-0.25, -0.2) is 0 Å². The molecule has 0 fully saturated rings. The fourth-order valence-electron chi connectivity index (χ4n) is 1.20. The summed E-state index contributed by atoms with van der Waals surface area (Å²) in [5.41, 5.74) is 0.510. The first kappa shape index (κ1) is 14.1. The van der Waals surface area contributed by atoms with Crippen molar-refractivity contribution in [3.05, 3.63) is 24.4 Å². The van der Waals surface area contributed by atoms with Crippen LogP contribution in [0.5, 0.6) is 0 Å². The molecule has 19 heavy (non-hydrogen) atoms. The fourth-order valence-corrected chi connectivity index (χ4v) is 3.19. The van der Waals surface area contributed by atoms with Gasteiger partial charge < -0.3 is 0 Å². The maximum Gasteiger partial charge on any atom is 0.175 e. The summed E-state index contributed by atoms with van der Waals surface area (Å²) in [6.07, 6.45) is 1.73. The lowest BCUT2D eigenvalue weighted by molar-refractivity contribution is -0.123. The fraction of sp³-hybridized carbons (Fsp3) is 0.385. The number of hydrogen-bond acceptors (Lipinski definition) is 6. The van der Waals surface area contributed by atoms with E-state index >= 15 is 0 Å². The average molecular weight is 293 g/mol. The van der Waals surface area contributed by atoms with Gasteiger partial charge in [0.15, 0.2) is 9.35 Å². The van der Waals surface area contributed by atoms with E-state index in [0.717, 1.165) is 15.0 Å². The van der Waals surface area contributed by atoms with E-state index in [2.05, 4.69) is 15.2 Å². The molecule has 0 amide bonds. The van der Waals surface area contributed by atoms with Crippen molar-refractivity contribution in [3.8, 4) is 10.7 Å². The molecule has 0 aliphatic heterocycles. The van der Waals surface area contributed by atoms with E-state index in [-0.39, 0.29) is 11.2 Å². The number of Topliss-reactive ketones (excluding diaryl/α,β-unsaturated/α-hetero) is 1. The normalized spacial score (nSPS) is 11.5. The number of hydrogen-bond donors (Lipinski definition) is 0. The second kappa shape index (κ2) is 5.79. The molecule has 100 valence electrons. The summed E-state index contributed by atoms with van der Waals surface area (Å²) < 4.78 is 0.804. The zero-order valence-electron chi connectivity index (χ0n) is 11.1. The van der Waals surface area contributed by atoms with Gasteiger partial charge in [-0.15, -0.1) is 10.2 Å². The molecular weight excluding hydrogens is 278 g/mol. The Balaban J connectivity index is 2.01. The summed E-state index contributed by atoms with van der Waals surface area (Å²) in [4.78, 5) is 16.1. The maximum atomic E-state index is 11.8. The van der Waals surface area contributed by atoms with Crippen LogP contribution in [0.3, 0.4) is 0 Å². The molecule has 2 heterocycles. The van der Waals surface area contributed by atoms with E-state index in [0.29, 0.717) is 5.75 Å². The van der Waals surface area contributed by atoms with Gasteiger partial charge in [-0.2, -0.15) is 0 Å². The minimum atomic E-state index is -0.304. The van der Waals surface area contributed by atoms with E-state index in [1.54, 1.807) is 6.20 Å². The molecule has 2 aromatic heterocycles. The second-order valence-corrected chi connectivity index (χ2v) is 7.25. The van der Waals surface area contributed by atoms with Crippen LogP contribution in [-0.2, 0) is 4.79 Å². The highest BCUT2D eigenvalue weighted by Gasteiger charge is 2.21. The van der Waals surface area contributed by atoms with Crippen LogP contribution in [-0.4, -0.2) is 26.7 Å². The number of pyridine rings is 1. The average Bonchev–Trinajstić information content (AvgIpc) is 2.84. The lowest BCUT2D eigenvalue weighted by Gasteiger charge is -2.15. The van der Waals surface area contributed by atoms with Crippen molar-refractivity contribution < 1.29 is 4.79 Å². The van der Waals surface area contributed by atoms with Gasteiger partial charge in [-0.1, -0.05) is 49.9 Å². The van der Waals surface area contributed by atoms with E-state index in [1.165, 1.54) is 23.1 Å².